The van der Waals surface area contributed by atoms with Crippen molar-refractivity contribution in [2.75, 3.05) is 6.61 Å². The van der Waals surface area contributed by atoms with Crippen LogP contribution < -0.4 is 10.5 Å². The van der Waals surface area contributed by atoms with Crippen molar-refractivity contribution in [1.82, 2.24) is 0 Å². The molecule has 0 unspecified atom stereocenters. The third-order valence-corrected chi connectivity index (χ3v) is 1.55. The number of nitrogens with zero attached hydrogens (tertiary/aromatic N) is 1. The molecule has 1 aromatic carbocycles. The molecule has 0 atom stereocenters. The van der Waals surface area contributed by atoms with Crippen molar-refractivity contribution in [3.05, 3.63) is 30.3 Å². The highest BCUT2D eigenvalue weighted by molar-refractivity contribution is 5.81. The van der Waals surface area contributed by atoms with Crippen LogP contribution in [0.1, 0.15) is 13.8 Å². The second-order valence-corrected chi connectivity index (χ2v) is 3.32. The summed E-state index contributed by atoms with van der Waals surface area (Å²) in [4.78, 5) is 4.16. The molecule has 0 fully saturated rings. The molecule has 0 aliphatic rings. The van der Waals surface area contributed by atoms with Crippen molar-refractivity contribution >= 4 is 5.84 Å². The van der Waals surface area contributed by atoms with E-state index in [1.807, 2.05) is 44.2 Å². The second-order valence-electron chi connectivity index (χ2n) is 3.32. The molecule has 0 saturated heterocycles. The normalized spacial score (nSPS) is 11.8. The van der Waals surface area contributed by atoms with E-state index in [4.69, 9.17) is 10.5 Å². The van der Waals surface area contributed by atoms with Crippen LogP contribution in [0.4, 0.5) is 0 Å². The SMILES string of the molecule is CC(C)N=C(N)COc1ccccc1. The van der Waals surface area contributed by atoms with Crippen LogP contribution in [-0.2, 0) is 0 Å². The monoisotopic (exact) mass is 192 g/mol. The van der Waals surface area contributed by atoms with E-state index in [0.29, 0.717) is 12.4 Å². The van der Waals surface area contributed by atoms with Gasteiger partial charge in [-0.05, 0) is 26.0 Å². The van der Waals surface area contributed by atoms with Gasteiger partial charge in [0, 0.05) is 6.04 Å². The van der Waals surface area contributed by atoms with Crippen molar-refractivity contribution < 1.29 is 4.74 Å². The van der Waals surface area contributed by atoms with E-state index in [-0.39, 0.29) is 6.04 Å². The third kappa shape index (κ3) is 3.94. The van der Waals surface area contributed by atoms with Gasteiger partial charge in [-0.2, -0.15) is 0 Å². The molecule has 76 valence electrons. The van der Waals surface area contributed by atoms with Gasteiger partial charge in [-0.15, -0.1) is 0 Å². The quantitative estimate of drug-likeness (QED) is 0.584. The predicted octanol–water partition coefficient (Wildman–Crippen LogP) is 1.83. The molecule has 14 heavy (non-hydrogen) atoms. The first-order valence-corrected chi connectivity index (χ1v) is 4.68. The average Bonchev–Trinajstić information content (AvgIpc) is 2.15. The summed E-state index contributed by atoms with van der Waals surface area (Å²) in [6.07, 6.45) is 0. The number of aliphatic imine (C=N–C) groups is 1. The topological polar surface area (TPSA) is 47.6 Å². The molecule has 0 saturated carbocycles. The number of nitrogens with two attached hydrogens (primary N) is 1. The molecular formula is C11H16N2O. The molecule has 2 N–H and O–H groups in total. The van der Waals surface area contributed by atoms with Gasteiger partial charge in [-0.25, -0.2) is 0 Å². The summed E-state index contributed by atoms with van der Waals surface area (Å²) in [7, 11) is 0. The van der Waals surface area contributed by atoms with E-state index in [9.17, 15) is 0 Å². The summed E-state index contributed by atoms with van der Waals surface area (Å²) in [5.74, 6) is 1.35. The van der Waals surface area contributed by atoms with Crippen molar-refractivity contribution in [2.24, 2.45) is 10.7 Å². The summed E-state index contributed by atoms with van der Waals surface area (Å²) in [5, 5.41) is 0. The first-order chi connectivity index (χ1) is 6.68. The van der Waals surface area contributed by atoms with Crippen LogP contribution in [0.2, 0.25) is 0 Å². The molecule has 0 radical (unpaired) electrons. The lowest BCUT2D eigenvalue weighted by Gasteiger charge is -2.06. The number of para-hydroxylation sites is 1. The summed E-state index contributed by atoms with van der Waals surface area (Å²) in [6, 6.07) is 9.79. The summed E-state index contributed by atoms with van der Waals surface area (Å²) in [6.45, 7) is 4.31. The van der Waals surface area contributed by atoms with Gasteiger partial charge in [0.15, 0.2) is 0 Å². The number of hydrogen-bond acceptors (Lipinski definition) is 2. The fourth-order valence-corrected chi connectivity index (χ4v) is 1.04. The Balaban J connectivity index is 2.42. The molecule has 0 aliphatic carbocycles. The van der Waals surface area contributed by atoms with Gasteiger partial charge in [-0.3, -0.25) is 4.99 Å². The van der Waals surface area contributed by atoms with Gasteiger partial charge >= 0.3 is 0 Å². The molecule has 0 amide bonds. The Morgan fingerprint density at radius 3 is 2.57 bits per heavy atom. The molecule has 3 nitrogen and oxygen atoms in total. The summed E-state index contributed by atoms with van der Waals surface area (Å²) in [5.41, 5.74) is 5.65. The standard InChI is InChI=1S/C11H16N2O/c1-9(2)13-11(12)8-14-10-6-4-3-5-7-10/h3-7,9H,8H2,1-2H3,(H2,12,13). The fraction of sp³-hybridized carbons (Fsp3) is 0.364. The fourth-order valence-electron chi connectivity index (χ4n) is 1.04. The minimum atomic E-state index is 0.217. The largest absolute Gasteiger partial charge is 0.486 e. The van der Waals surface area contributed by atoms with Gasteiger partial charge < -0.3 is 10.5 Å². The van der Waals surface area contributed by atoms with Crippen molar-refractivity contribution in [2.45, 2.75) is 19.9 Å². The maximum atomic E-state index is 5.65. The highest BCUT2D eigenvalue weighted by Gasteiger charge is 1.96. The highest BCUT2D eigenvalue weighted by Crippen LogP contribution is 2.07. The minimum absolute atomic E-state index is 0.217. The van der Waals surface area contributed by atoms with Crippen molar-refractivity contribution in [3.63, 3.8) is 0 Å². The molecule has 0 aromatic heterocycles. The zero-order chi connectivity index (χ0) is 10.4. The molecule has 1 rings (SSSR count). The zero-order valence-corrected chi connectivity index (χ0v) is 8.60. The summed E-state index contributed by atoms with van der Waals surface area (Å²) < 4.78 is 5.41. The number of rotatable bonds is 4. The molecule has 1 aromatic rings. The molecule has 0 heterocycles. The smallest absolute Gasteiger partial charge is 0.145 e. The Hall–Kier alpha value is -1.51. The first kappa shape index (κ1) is 10.6. The summed E-state index contributed by atoms with van der Waals surface area (Å²) >= 11 is 0. The van der Waals surface area contributed by atoms with Crippen LogP contribution in [0.3, 0.4) is 0 Å². The number of hydrogen-bond donors (Lipinski definition) is 1. The molecular weight excluding hydrogens is 176 g/mol. The van der Waals surface area contributed by atoms with E-state index in [0.717, 1.165) is 5.75 Å². The second kappa shape index (κ2) is 5.27. The van der Waals surface area contributed by atoms with E-state index in [1.165, 1.54) is 0 Å². The lowest BCUT2D eigenvalue weighted by Crippen LogP contribution is -2.22. The van der Waals surface area contributed by atoms with Crippen molar-refractivity contribution in [3.8, 4) is 5.75 Å². The Kier molecular flexibility index (Phi) is 3.98. The van der Waals surface area contributed by atoms with Crippen LogP contribution in [-0.4, -0.2) is 18.5 Å². The van der Waals surface area contributed by atoms with Gasteiger partial charge in [0.1, 0.15) is 18.2 Å². The van der Waals surface area contributed by atoms with Crippen LogP contribution in [0.5, 0.6) is 5.75 Å². The van der Waals surface area contributed by atoms with Crippen molar-refractivity contribution in [1.29, 1.82) is 0 Å². The van der Waals surface area contributed by atoms with E-state index in [1.54, 1.807) is 0 Å². The van der Waals surface area contributed by atoms with Gasteiger partial charge in [0.05, 0.1) is 0 Å². The van der Waals surface area contributed by atoms with Gasteiger partial charge in [0.2, 0.25) is 0 Å². The van der Waals surface area contributed by atoms with Gasteiger partial charge in [0.25, 0.3) is 0 Å². The maximum absolute atomic E-state index is 5.65. The molecule has 0 bridgehead atoms. The maximum Gasteiger partial charge on any atom is 0.145 e. The Bertz CT molecular complexity index is 293. The van der Waals surface area contributed by atoms with E-state index < -0.39 is 0 Å². The van der Waals surface area contributed by atoms with Crippen LogP contribution >= 0.6 is 0 Å². The lowest BCUT2D eigenvalue weighted by molar-refractivity contribution is 0.374. The Morgan fingerprint density at radius 2 is 2.00 bits per heavy atom. The number of amidine groups is 1. The molecule has 0 aliphatic heterocycles. The van der Waals surface area contributed by atoms with Crippen LogP contribution in [0, 0.1) is 0 Å². The minimum Gasteiger partial charge on any atom is -0.486 e. The lowest BCUT2D eigenvalue weighted by atomic mass is 10.3. The number of ether oxygens (including phenoxy) is 1. The number of benzene rings is 1. The van der Waals surface area contributed by atoms with E-state index >= 15 is 0 Å². The molecule has 3 heteroatoms. The Morgan fingerprint density at radius 1 is 1.36 bits per heavy atom. The van der Waals surface area contributed by atoms with Crippen LogP contribution in [0.25, 0.3) is 0 Å². The van der Waals surface area contributed by atoms with Crippen LogP contribution in [0.15, 0.2) is 35.3 Å². The Labute approximate surface area is 84.6 Å². The zero-order valence-electron chi connectivity index (χ0n) is 8.60. The van der Waals surface area contributed by atoms with Gasteiger partial charge in [-0.1, -0.05) is 18.2 Å². The third-order valence-electron chi connectivity index (χ3n) is 1.55. The molecule has 0 spiro atoms. The van der Waals surface area contributed by atoms with E-state index in [2.05, 4.69) is 4.99 Å². The highest BCUT2D eigenvalue weighted by atomic mass is 16.5. The predicted molar refractivity (Wildman–Crippen MR) is 58.7 cm³/mol. The average molecular weight is 192 g/mol. The first-order valence-electron chi connectivity index (χ1n) is 4.68.